The summed E-state index contributed by atoms with van der Waals surface area (Å²) in [6.07, 6.45) is 3.36. The maximum atomic E-state index is 14.1. The number of para-hydroxylation sites is 1. The number of piperazine rings is 1. The van der Waals surface area contributed by atoms with Gasteiger partial charge in [0.25, 0.3) is 5.91 Å². The largest absolute Gasteiger partial charge is 0.492 e. The van der Waals surface area contributed by atoms with Crippen LogP contribution >= 0.6 is 0 Å². The highest BCUT2D eigenvalue weighted by molar-refractivity contribution is 5.99. The van der Waals surface area contributed by atoms with Gasteiger partial charge < -0.3 is 39.5 Å². The normalized spacial score (nSPS) is 14.8. The number of hydrogen-bond donors (Lipinski definition) is 3. The number of benzene rings is 2. The molecule has 0 radical (unpaired) electrons. The number of nitrogens with one attached hydrogen (secondary N) is 3. The third kappa shape index (κ3) is 6.89. The molecule has 0 aliphatic carbocycles. The fraction of sp³-hybridized carbons (Fsp3) is 0.364. The van der Waals surface area contributed by atoms with E-state index in [-0.39, 0.29) is 29.5 Å². The Kier molecular flexibility index (Phi) is 9.54. The summed E-state index contributed by atoms with van der Waals surface area (Å²) in [5, 5.41) is 7.06. The Morgan fingerprint density at radius 2 is 1.77 bits per heavy atom. The standard InChI is InChI=1S/C33H40N6O5/c1-5-43-28-13-12-23(21-37(3)4)19-27(28)35-31(40)30(22(2)25-20-34-26-10-7-6-9-24(25)26)36-33(42)39-16-14-38(15-17-39)32(41)29-11-8-18-44-29/h6-13,18-20,22,30,34H,5,14-17,21H2,1-4H3,(H,35,40)(H,36,42)/t22-,30+/m0/s1. The molecule has 0 spiro atoms. The lowest BCUT2D eigenvalue weighted by atomic mass is 9.92. The first-order chi connectivity index (χ1) is 21.2. The van der Waals surface area contributed by atoms with Crippen molar-refractivity contribution in [1.29, 1.82) is 0 Å². The van der Waals surface area contributed by atoms with Crippen molar-refractivity contribution in [3.63, 3.8) is 0 Å². The summed E-state index contributed by atoms with van der Waals surface area (Å²) in [6.45, 7) is 6.34. The number of carbonyl (C=O) groups excluding carboxylic acids is 3. The van der Waals surface area contributed by atoms with Gasteiger partial charge >= 0.3 is 6.03 Å². The van der Waals surface area contributed by atoms with Crippen LogP contribution < -0.4 is 15.4 Å². The number of hydrogen-bond acceptors (Lipinski definition) is 6. The molecule has 232 valence electrons. The average Bonchev–Trinajstić information content (AvgIpc) is 3.71. The van der Waals surface area contributed by atoms with Crippen molar-refractivity contribution < 1.29 is 23.5 Å². The van der Waals surface area contributed by atoms with Crippen LogP contribution in [-0.2, 0) is 11.3 Å². The van der Waals surface area contributed by atoms with Gasteiger partial charge in [0.2, 0.25) is 5.91 Å². The molecule has 3 heterocycles. The van der Waals surface area contributed by atoms with E-state index < -0.39 is 6.04 Å². The lowest BCUT2D eigenvalue weighted by Gasteiger charge is -2.35. The first kappa shape index (κ1) is 30.7. The molecule has 4 aromatic rings. The van der Waals surface area contributed by atoms with Gasteiger partial charge in [0.15, 0.2) is 5.76 Å². The third-order valence-electron chi connectivity index (χ3n) is 7.86. The molecule has 3 N–H and O–H groups in total. The second-order valence-electron chi connectivity index (χ2n) is 11.3. The van der Waals surface area contributed by atoms with E-state index in [0.29, 0.717) is 50.8 Å². The Balaban J connectivity index is 1.37. The van der Waals surface area contributed by atoms with Crippen LogP contribution in [0.3, 0.4) is 0 Å². The number of carbonyl (C=O) groups is 3. The summed E-state index contributed by atoms with van der Waals surface area (Å²) >= 11 is 0. The van der Waals surface area contributed by atoms with Gasteiger partial charge in [-0.3, -0.25) is 9.59 Å². The first-order valence-electron chi connectivity index (χ1n) is 14.9. The predicted molar refractivity (Wildman–Crippen MR) is 169 cm³/mol. The summed E-state index contributed by atoms with van der Waals surface area (Å²) in [6, 6.07) is 15.7. The number of anilines is 1. The lowest BCUT2D eigenvalue weighted by Crippen LogP contribution is -2.57. The van der Waals surface area contributed by atoms with Gasteiger partial charge in [-0.15, -0.1) is 0 Å². The summed E-state index contributed by atoms with van der Waals surface area (Å²) < 4.78 is 11.1. The number of furan rings is 1. The van der Waals surface area contributed by atoms with Gasteiger partial charge in [-0.25, -0.2) is 4.79 Å². The molecule has 2 atom stereocenters. The molecule has 44 heavy (non-hydrogen) atoms. The van der Waals surface area contributed by atoms with Crippen LogP contribution in [0, 0.1) is 0 Å². The zero-order valence-electron chi connectivity index (χ0n) is 25.6. The highest BCUT2D eigenvalue weighted by Gasteiger charge is 2.33. The molecular weight excluding hydrogens is 560 g/mol. The lowest BCUT2D eigenvalue weighted by molar-refractivity contribution is -0.118. The number of nitrogens with zero attached hydrogens (tertiary/aromatic N) is 3. The number of amides is 4. The highest BCUT2D eigenvalue weighted by Crippen LogP contribution is 2.31. The molecule has 11 heteroatoms. The number of urea groups is 1. The van der Waals surface area contributed by atoms with Crippen LogP contribution in [0.2, 0.25) is 0 Å². The molecule has 0 saturated carbocycles. The summed E-state index contributed by atoms with van der Waals surface area (Å²) in [5.41, 5.74) is 3.43. The molecule has 0 unspecified atom stereocenters. The van der Waals surface area contributed by atoms with Gasteiger partial charge in [-0.05, 0) is 62.5 Å². The van der Waals surface area contributed by atoms with Gasteiger partial charge in [-0.2, -0.15) is 0 Å². The Hall–Kier alpha value is -4.77. The van der Waals surface area contributed by atoms with Crippen LogP contribution in [0.5, 0.6) is 5.75 Å². The highest BCUT2D eigenvalue weighted by atomic mass is 16.5. The number of aromatic nitrogens is 1. The maximum Gasteiger partial charge on any atom is 0.318 e. The molecule has 1 saturated heterocycles. The minimum atomic E-state index is -0.906. The number of fused-ring (bicyclic) bond motifs is 1. The molecule has 1 aliphatic rings. The molecule has 5 rings (SSSR count). The summed E-state index contributed by atoms with van der Waals surface area (Å²) in [7, 11) is 3.96. The molecule has 0 bridgehead atoms. The van der Waals surface area contributed by atoms with Crippen LogP contribution in [0.4, 0.5) is 10.5 Å². The van der Waals surface area contributed by atoms with E-state index in [1.54, 1.807) is 21.9 Å². The zero-order chi connectivity index (χ0) is 31.2. The maximum absolute atomic E-state index is 14.1. The molecule has 1 fully saturated rings. The Morgan fingerprint density at radius 3 is 2.48 bits per heavy atom. The van der Waals surface area contributed by atoms with Crippen molar-refractivity contribution in [2.75, 3.05) is 52.2 Å². The monoisotopic (exact) mass is 600 g/mol. The predicted octanol–water partition coefficient (Wildman–Crippen LogP) is 4.50. The molecule has 4 amide bonds. The van der Waals surface area contributed by atoms with E-state index in [2.05, 4.69) is 15.6 Å². The zero-order valence-corrected chi connectivity index (χ0v) is 25.6. The fourth-order valence-corrected chi connectivity index (χ4v) is 5.59. The SMILES string of the molecule is CCOc1ccc(CN(C)C)cc1NC(=O)[C@H](NC(=O)N1CCN(C(=O)c2ccco2)CC1)[C@@H](C)c1c[nH]c2ccccc12. The van der Waals surface area contributed by atoms with E-state index in [4.69, 9.17) is 9.15 Å². The fourth-order valence-electron chi connectivity index (χ4n) is 5.59. The van der Waals surface area contributed by atoms with Gasteiger partial charge in [0, 0.05) is 55.7 Å². The smallest absolute Gasteiger partial charge is 0.318 e. The quantitative estimate of drug-likeness (QED) is 0.246. The van der Waals surface area contributed by atoms with Gasteiger partial charge in [0.05, 0.1) is 18.6 Å². The van der Waals surface area contributed by atoms with Crippen LogP contribution in [-0.4, -0.2) is 90.5 Å². The number of rotatable bonds is 10. The number of aromatic amines is 1. The van der Waals surface area contributed by atoms with Crippen molar-refractivity contribution in [2.45, 2.75) is 32.4 Å². The summed E-state index contributed by atoms with van der Waals surface area (Å²) in [5.74, 6) is -0.108. The van der Waals surface area contributed by atoms with Gasteiger partial charge in [-0.1, -0.05) is 31.2 Å². The Bertz CT molecular complexity index is 1590. The second kappa shape index (κ2) is 13.7. The van der Waals surface area contributed by atoms with Crippen molar-refractivity contribution in [2.24, 2.45) is 0 Å². The van der Waals surface area contributed by atoms with Crippen LogP contribution in [0.25, 0.3) is 10.9 Å². The Morgan fingerprint density at radius 1 is 1.02 bits per heavy atom. The van der Waals surface area contributed by atoms with E-state index in [1.807, 2.05) is 81.5 Å². The number of ether oxygens (including phenoxy) is 1. The van der Waals surface area contributed by atoms with E-state index in [1.165, 1.54) is 6.26 Å². The molecule has 1 aliphatic heterocycles. The molecule has 2 aromatic heterocycles. The minimum absolute atomic E-state index is 0.207. The van der Waals surface area contributed by atoms with Crippen molar-refractivity contribution >= 4 is 34.4 Å². The van der Waals surface area contributed by atoms with E-state index in [9.17, 15) is 14.4 Å². The van der Waals surface area contributed by atoms with E-state index >= 15 is 0 Å². The number of H-pyrrole nitrogens is 1. The van der Waals surface area contributed by atoms with E-state index in [0.717, 1.165) is 22.0 Å². The topological polar surface area (TPSA) is 123 Å². The average molecular weight is 601 g/mol. The van der Waals surface area contributed by atoms with Crippen molar-refractivity contribution in [3.8, 4) is 5.75 Å². The molecule has 11 nitrogen and oxygen atoms in total. The van der Waals surface area contributed by atoms with Crippen LogP contribution in [0.1, 0.15) is 41.4 Å². The second-order valence-corrected chi connectivity index (χ2v) is 11.3. The van der Waals surface area contributed by atoms with Crippen molar-refractivity contribution in [1.82, 2.24) is 25.0 Å². The molecular formula is C33H40N6O5. The molecule has 2 aromatic carbocycles. The van der Waals surface area contributed by atoms with Gasteiger partial charge in [0.1, 0.15) is 11.8 Å². The van der Waals surface area contributed by atoms with Crippen LogP contribution in [0.15, 0.2) is 71.5 Å². The Labute approximate surface area is 257 Å². The minimum Gasteiger partial charge on any atom is -0.492 e. The van der Waals surface area contributed by atoms with Crippen molar-refractivity contribution in [3.05, 3.63) is 83.9 Å². The first-order valence-corrected chi connectivity index (χ1v) is 14.9. The third-order valence-corrected chi connectivity index (χ3v) is 7.86. The summed E-state index contributed by atoms with van der Waals surface area (Å²) in [4.78, 5) is 49.0.